The van der Waals surface area contributed by atoms with Crippen LogP contribution in [0, 0.1) is 11.8 Å². The van der Waals surface area contributed by atoms with Crippen LogP contribution in [0.15, 0.2) is 47.4 Å². The van der Waals surface area contributed by atoms with Crippen LogP contribution in [0.1, 0.15) is 27.2 Å². The number of carbonyl (C=O) groups is 1. The Morgan fingerprint density at radius 3 is 2.66 bits per heavy atom. The van der Waals surface area contributed by atoms with Crippen LogP contribution >= 0.6 is 0 Å². The lowest BCUT2D eigenvalue weighted by Gasteiger charge is -2.28. The zero-order chi connectivity index (χ0) is 25.8. The minimum atomic E-state index is -4.14. The highest BCUT2D eigenvalue weighted by atomic mass is 32.2. The van der Waals surface area contributed by atoms with E-state index in [-0.39, 0.29) is 46.4 Å². The third-order valence-corrected chi connectivity index (χ3v) is 7.43. The van der Waals surface area contributed by atoms with E-state index in [9.17, 15) is 22.0 Å². The zero-order valence-corrected chi connectivity index (χ0v) is 20.9. The van der Waals surface area contributed by atoms with Gasteiger partial charge in [0.2, 0.25) is 5.91 Å². The summed E-state index contributed by atoms with van der Waals surface area (Å²) in [7, 11) is -2.84. The number of amides is 1. The van der Waals surface area contributed by atoms with Gasteiger partial charge in [0.1, 0.15) is 16.4 Å². The van der Waals surface area contributed by atoms with Crippen LogP contribution in [0.25, 0.3) is 0 Å². The number of nitrogens with zero attached hydrogens (tertiary/aromatic N) is 1. The summed E-state index contributed by atoms with van der Waals surface area (Å²) < 4.78 is 69.8. The first kappa shape index (κ1) is 26.7. The molecular formula is C24H30F2N2O6S. The number of hydrogen-bond donors (Lipinski definition) is 1. The molecule has 192 valence electrons. The Morgan fingerprint density at radius 1 is 1.26 bits per heavy atom. The third kappa shape index (κ3) is 6.61. The van der Waals surface area contributed by atoms with Gasteiger partial charge in [-0.1, -0.05) is 13.0 Å². The van der Waals surface area contributed by atoms with Crippen molar-refractivity contribution in [3.8, 4) is 11.5 Å². The first-order valence-electron chi connectivity index (χ1n) is 11.2. The van der Waals surface area contributed by atoms with Crippen molar-refractivity contribution >= 4 is 27.3 Å². The standard InChI is InChI=1S/C24H30F2N2O6S/c1-5-33-21-13-17(27-23(29)20-11-12-32-15-16(20)2)9-10-22(21)35(30,31)28(4)18-7-6-8-19(14-18)34-24(3,25)26/h6-10,13-14,16,20H,5,11-12,15H2,1-4H3,(H,27,29)/t16-,20-/m0/s1. The van der Waals surface area contributed by atoms with Crippen molar-refractivity contribution in [2.24, 2.45) is 11.8 Å². The fourth-order valence-electron chi connectivity index (χ4n) is 3.81. The summed E-state index contributed by atoms with van der Waals surface area (Å²) in [4.78, 5) is 12.6. The molecule has 0 spiro atoms. The highest BCUT2D eigenvalue weighted by Gasteiger charge is 2.30. The van der Waals surface area contributed by atoms with E-state index in [1.165, 1.54) is 49.5 Å². The first-order chi connectivity index (χ1) is 16.4. The number of benzene rings is 2. The molecule has 1 aliphatic rings. The molecule has 1 amide bonds. The highest BCUT2D eigenvalue weighted by molar-refractivity contribution is 7.92. The highest BCUT2D eigenvalue weighted by Crippen LogP contribution is 2.34. The van der Waals surface area contributed by atoms with Gasteiger partial charge in [-0.3, -0.25) is 9.10 Å². The van der Waals surface area contributed by atoms with Crippen molar-refractivity contribution < 1.29 is 36.2 Å². The second-order valence-electron chi connectivity index (χ2n) is 8.41. The van der Waals surface area contributed by atoms with Gasteiger partial charge in [0, 0.05) is 50.9 Å². The van der Waals surface area contributed by atoms with E-state index in [1.54, 1.807) is 6.92 Å². The number of halogens is 2. The lowest BCUT2D eigenvalue weighted by atomic mass is 9.89. The summed E-state index contributed by atoms with van der Waals surface area (Å²) >= 11 is 0. The normalized spacial score (nSPS) is 18.6. The second kappa shape index (κ2) is 10.8. The average Bonchev–Trinajstić information content (AvgIpc) is 2.78. The Morgan fingerprint density at radius 2 is 2.00 bits per heavy atom. The number of hydrogen-bond acceptors (Lipinski definition) is 6. The van der Waals surface area contributed by atoms with Gasteiger partial charge in [0.05, 0.1) is 12.3 Å². The molecule has 1 N–H and O–H groups in total. The van der Waals surface area contributed by atoms with Crippen LogP contribution in [-0.4, -0.2) is 47.3 Å². The van der Waals surface area contributed by atoms with Crippen LogP contribution < -0.4 is 19.1 Å². The molecule has 3 rings (SSSR count). The van der Waals surface area contributed by atoms with Gasteiger partial charge in [0.25, 0.3) is 10.0 Å². The summed E-state index contributed by atoms with van der Waals surface area (Å²) in [5, 5.41) is 2.84. The van der Waals surface area contributed by atoms with Gasteiger partial charge < -0.3 is 19.5 Å². The second-order valence-corrected chi connectivity index (χ2v) is 10.3. The molecule has 35 heavy (non-hydrogen) atoms. The zero-order valence-electron chi connectivity index (χ0n) is 20.1. The number of ether oxygens (including phenoxy) is 3. The van der Waals surface area contributed by atoms with Crippen molar-refractivity contribution in [3.05, 3.63) is 42.5 Å². The number of sulfonamides is 1. The van der Waals surface area contributed by atoms with E-state index < -0.39 is 16.1 Å². The van der Waals surface area contributed by atoms with E-state index in [0.29, 0.717) is 32.2 Å². The molecule has 0 unspecified atom stereocenters. The molecule has 11 heteroatoms. The Bertz CT molecular complexity index is 1150. The molecule has 0 aromatic heterocycles. The molecule has 2 aromatic carbocycles. The maximum Gasteiger partial charge on any atom is 0.394 e. The maximum atomic E-state index is 13.4. The molecule has 1 aliphatic heterocycles. The molecule has 1 heterocycles. The van der Waals surface area contributed by atoms with E-state index in [2.05, 4.69) is 10.1 Å². The average molecular weight is 513 g/mol. The quantitative estimate of drug-likeness (QED) is 0.531. The van der Waals surface area contributed by atoms with Gasteiger partial charge in [-0.15, -0.1) is 0 Å². The number of anilines is 2. The van der Waals surface area contributed by atoms with Crippen molar-refractivity contribution in [2.75, 3.05) is 36.5 Å². The van der Waals surface area contributed by atoms with E-state index in [1.807, 2.05) is 6.92 Å². The predicted molar refractivity (Wildman–Crippen MR) is 128 cm³/mol. The van der Waals surface area contributed by atoms with Gasteiger partial charge in [-0.2, -0.15) is 8.78 Å². The van der Waals surface area contributed by atoms with E-state index >= 15 is 0 Å². The lowest BCUT2D eigenvalue weighted by Crippen LogP contribution is -2.35. The molecule has 0 saturated carbocycles. The Kier molecular flexibility index (Phi) is 8.22. The van der Waals surface area contributed by atoms with Crippen molar-refractivity contribution in [1.82, 2.24) is 0 Å². The van der Waals surface area contributed by atoms with Crippen LogP contribution in [0.4, 0.5) is 20.2 Å². The van der Waals surface area contributed by atoms with Crippen LogP contribution in [-0.2, 0) is 19.6 Å². The molecule has 0 bridgehead atoms. The lowest BCUT2D eigenvalue weighted by molar-refractivity contribution is -0.158. The molecular weight excluding hydrogens is 482 g/mol. The third-order valence-electron chi connectivity index (χ3n) is 5.61. The van der Waals surface area contributed by atoms with Crippen molar-refractivity contribution in [3.63, 3.8) is 0 Å². The summed E-state index contributed by atoms with van der Waals surface area (Å²) in [6.07, 6.45) is -2.81. The van der Waals surface area contributed by atoms with E-state index in [0.717, 1.165) is 4.31 Å². The molecule has 0 aliphatic carbocycles. The molecule has 2 atom stereocenters. The molecule has 0 radical (unpaired) electrons. The van der Waals surface area contributed by atoms with Gasteiger partial charge >= 0.3 is 6.11 Å². The largest absolute Gasteiger partial charge is 0.492 e. The smallest absolute Gasteiger partial charge is 0.394 e. The minimum Gasteiger partial charge on any atom is -0.492 e. The van der Waals surface area contributed by atoms with Crippen LogP contribution in [0.2, 0.25) is 0 Å². The Balaban J connectivity index is 1.87. The van der Waals surface area contributed by atoms with Crippen LogP contribution in [0.3, 0.4) is 0 Å². The first-order valence-corrected chi connectivity index (χ1v) is 12.7. The monoisotopic (exact) mass is 512 g/mol. The fourth-order valence-corrected chi connectivity index (χ4v) is 5.11. The summed E-state index contributed by atoms with van der Waals surface area (Å²) in [5.41, 5.74) is 0.527. The van der Waals surface area contributed by atoms with Gasteiger partial charge in [-0.25, -0.2) is 8.42 Å². The molecule has 2 aromatic rings. The fraction of sp³-hybridized carbons (Fsp3) is 0.458. The topological polar surface area (TPSA) is 94.2 Å². The van der Waals surface area contributed by atoms with Crippen LogP contribution in [0.5, 0.6) is 11.5 Å². The molecule has 8 nitrogen and oxygen atoms in total. The molecule has 1 saturated heterocycles. The number of rotatable bonds is 9. The Hall–Kier alpha value is -2.92. The number of nitrogens with one attached hydrogen (secondary N) is 1. The van der Waals surface area contributed by atoms with Crippen molar-refractivity contribution in [2.45, 2.75) is 38.2 Å². The minimum absolute atomic E-state index is 0.0599. The number of carbonyl (C=O) groups excluding carboxylic acids is 1. The van der Waals surface area contributed by atoms with E-state index in [4.69, 9.17) is 9.47 Å². The molecule has 1 fully saturated rings. The van der Waals surface area contributed by atoms with Crippen molar-refractivity contribution in [1.29, 1.82) is 0 Å². The SMILES string of the molecule is CCOc1cc(NC(=O)[C@H]2CCOC[C@@H]2C)ccc1S(=O)(=O)N(C)c1cccc(OC(C)(F)F)c1. The Labute approximate surface area is 204 Å². The number of alkyl halides is 2. The summed E-state index contributed by atoms with van der Waals surface area (Å²) in [6.45, 7) is 5.46. The summed E-state index contributed by atoms with van der Waals surface area (Å²) in [6, 6.07) is 9.69. The van der Waals surface area contributed by atoms with Gasteiger partial charge in [-0.05, 0) is 43.5 Å². The summed E-state index contributed by atoms with van der Waals surface area (Å²) in [5.74, 6) is -0.428. The van der Waals surface area contributed by atoms with Gasteiger partial charge in [0.15, 0.2) is 0 Å². The predicted octanol–water partition coefficient (Wildman–Crippen LogP) is 4.51. The maximum absolute atomic E-state index is 13.4.